The molecule has 3 aromatic rings. The Morgan fingerprint density at radius 1 is 1.17 bits per heavy atom. The maximum Gasteiger partial charge on any atom is 0.416 e. The van der Waals surface area contributed by atoms with Gasteiger partial charge in [-0.05, 0) is 86.0 Å². The molecule has 3 heterocycles. The van der Waals surface area contributed by atoms with Gasteiger partial charge in [-0.25, -0.2) is 0 Å². The lowest BCUT2D eigenvalue weighted by Gasteiger charge is -2.59. The molecule has 7 rings (SSSR count). The number of nitrogens with one attached hydrogen (secondary N) is 1. The van der Waals surface area contributed by atoms with E-state index in [1.807, 2.05) is 36.7 Å². The average Bonchev–Trinajstić information content (AvgIpc) is 3.44. The number of rotatable bonds is 7. The van der Waals surface area contributed by atoms with Crippen LogP contribution in [0.4, 0.5) is 18.9 Å². The van der Waals surface area contributed by atoms with Crippen molar-refractivity contribution in [2.75, 3.05) is 24.7 Å². The van der Waals surface area contributed by atoms with E-state index >= 15 is 0 Å². The Labute approximate surface area is 237 Å². The zero-order valence-corrected chi connectivity index (χ0v) is 23.3. The van der Waals surface area contributed by atoms with Gasteiger partial charge in [0.1, 0.15) is 12.2 Å². The molecule has 2 aliphatic heterocycles. The van der Waals surface area contributed by atoms with Gasteiger partial charge in [-0.2, -0.15) is 13.2 Å². The molecule has 3 fully saturated rings. The maximum atomic E-state index is 14.3. The number of hydrogen-bond acceptors (Lipinski definition) is 5. The molecule has 1 atom stereocenters. The van der Waals surface area contributed by atoms with E-state index in [0.29, 0.717) is 30.4 Å². The summed E-state index contributed by atoms with van der Waals surface area (Å²) in [5.41, 5.74) is 1.23. The van der Waals surface area contributed by atoms with Gasteiger partial charge in [0.15, 0.2) is 0 Å². The lowest BCUT2D eigenvalue weighted by atomic mass is 9.49. The molecule has 4 aliphatic rings. The molecule has 0 bridgehead atoms. The van der Waals surface area contributed by atoms with Crippen molar-refractivity contribution in [3.8, 4) is 0 Å². The second kappa shape index (κ2) is 9.39. The molecule has 2 aromatic carbocycles. The summed E-state index contributed by atoms with van der Waals surface area (Å²) in [6.45, 7) is 3.94. The van der Waals surface area contributed by atoms with Crippen molar-refractivity contribution in [2.24, 2.45) is 18.4 Å². The number of aromatic nitrogens is 3. The molecule has 1 aromatic heterocycles. The van der Waals surface area contributed by atoms with Crippen molar-refractivity contribution in [3.05, 3.63) is 76.4 Å². The number of alkyl halides is 3. The number of benzene rings is 2. The number of fused-ring (bicyclic) bond motifs is 1. The van der Waals surface area contributed by atoms with E-state index in [2.05, 4.69) is 15.5 Å². The Morgan fingerprint density at radius 3 is 2.56 bits per heavy atom. The van der Waals surface area contributed by atoms with Crippen LogP contribution in [0.15, 0.2) is 42.7 Å². The van der Waals surface area contributed by atoms with E-state index in [4.69, 9.17) is 4.74 Å². The highest BCUT2D eigenvalue weighted by Gasteiger charge is 2.61. The number of amides is 1. The van der Waals surface area contributed by atoms with Crippen LogP contribution in [0, 0.1) is 11.3 Å². The van der Waals surface area contributed by atoms with Crippen LogP contribution >= 0.6 is 0 Å². The lowest BCUT2D eigenvalue weighted by molar-refractivity contribution is -0.182. The molecule has 0 radical (unpaired) electrons. The van der Waals surface area contributed by atoms with Gasteiger partial charge in [0.25, 0.3) is 5.91 Å². The van der Waals surface area contributed by atoms with Crippen LogP contribution in [0.3, 0.4) is 0 Å². The largest absolute Gasteiger partial charge is 0.416 e. The summed E-state index contributed by atoms with van der Waals surface area (Å²) in [5.74, 6) is 1.02. The van der Waals surface area contributed by atoms with Crippen LogP contribution in [0.1, 0.15) is 83.5 Å². The zero-order chi connectivity index (χ0) is 28.6. The smallest absolute Gasteiger partial charge is 0.380 e. The first-order chi connectivity index (χ1) is 19.6. The lowest BCUT2D eigenvalue weighted by Crippen LogP contribution is -2.60. The molecule has 1 N–H and O–H groups in total. The third kappa shape index (κ3) is 4.29. The first kappa shape index (κ1) is 26.6. The number of carbonyl (C=O) groups is 1. The van der Waals surface area contributed by atoms with Gasteiger partial charge in [-0.15, -0.1) is 10.2 Å². The van der Waals surface area contributed by atoms with E-state index in [1.165, 1.54) is 17.4 Å². The number of anilines is 1. The summed E-state index contributed by atoms with van der Waals surface area (Å²) in [5, 5.41) is 11.9. The van der Waals surface area contributed by atoms with E-state index in [0.717, 1.165) is 43.6 Å². The second-order valence-corrected chi connectivity index (χ2v) is 12.7. The zero-order valence-electron chi connectivity index (χ0n) is 23.3. The fraction of sp³-hybridized carbons (Fsp3) is 0.516. The minimum absolute atomic E-state index is 0.0417. The molecule has 1 amide bonds. The van der Waals surface area contributed by atoms with Crippen LogP contribution < -0.4 is 10.2 Å². The molecular weight excluding hydrogens is 531 g/mol. The van der Waals surface area contributed by atoms with Crippen LogP contribution in [0.25, 0.3) is 0 Å². The monoisotopic (exact) mass is 565 g/mol. The molecule has 7 nitrogen and oxygen atoms in total. The highest BCUT2D eigenvalue weighted by molar-refractivity contribution is 6.10. The molecule has 0 unspecified atom stereocenters. The minimum atomic E-state index is -4.56. The van der Waals surface area contributed by atoms with Gasteiger partial charge in [0.05, 0.1) is 30.7 Å². The Bertz CT molecular complexity index is 1500. The molecular formula is C31H34F3N5O2. The van der Waals surface area contributed by atoms with Crippen LogP contribution in [0.5, 0.6) is 0 Å². The van der Waals surface area contributed by atoms with Crippen molar-refractivity contribution in [2.45, 2.75) is 63.2 Å². The maximum absolute atomic E-state index is 14.3. The Hall–Kier alpha value is -3.24. The molecule has 10 heteroatoms. The minimum Gasteiger partial charge on any atom is -0.380 e. The van der Waals surface area contributed by atoms with Crippen LogP contribution in [0.2, 0.25) is 0 Å². The average molecular weight is 566 g/mol. The third-order valence-corrected chi connectivity index (χ3v) is 9.83. The van der Waals surface area contributed by atoms with Gasteiger partial charge < -0.3 is 19.5 Å². The molecule has 2 aliphatic carbocycles. The van der Waals surface area contributed by atoms with E-state index in [9.17, 15) is 18.0 Å². The number of carbonyl (C=O) groups excluding carboxylic acids is 1. The van der Waals surface area contributed by atoms with Crippen LogP contribution in [-0.2, 0) is 29.9 Å². The molecule has 1 saturated heterocycles. The first-order valence-electron chi connectivity index (χ1n) is 14.4. The van der Waals surface area contributed by atoms with Crippen molar-refractivity contribution < 1.29 is 22.7 Å². The fourth-order valence-electron chi connectivity index (χ4n) is 7.30. The fourth-order valence-corrected chi connectivity index (χ4v) is 7.30. The molecule has 41 heavy (non-hydrogen) atoms. The predicted octanol–water partition coefficient (Wildman–Crippen LogP) is 5.54. The number of nitrogens with zero attached hydrogens (tertiary/aromatic N) is 4. The highest BCUT2D eigenvalue weighted by atomic mass is 19.4. The Kier molecular flexibility index (Phi) is 6.10. The van der Waals surface area contributed by atoms with E-state index in [-0.39, 0.29) is 29.1 Å². The van der Waals surface area contributed by atoms with Gasteiger partial charge in [-0.1, -0.05) is 18.6 Å². The van der Waals surface area contributed by atoms with Crippen molar-refractivity contribution >= 4 is 11.6 Å². The number of hydrogen-bond donors (Lipinski definition) is 1. The van der Waals surface area contributed by atoms with Crippen LogP contribution in [-0.4, -0.2) is 40.4 Å². The summed E-state index contributed by atoms with van der Waals surface area (Å²) in [6.07, 6.45) is 2.32. The molecule has 2 saturated carbocycles. The summed E-state index contributed by atoms with van der Waals surface area (Å²) in [4.78, 5) is 15.2. The predicted molar refractivity (Wildman–Crippen MR) is 146 cm³/mol. The Morgan fingerprint density at radius 2 is 1.95 bits per heavy atom. The van der Waals surface area contributed by atoms with Crippen molar-refractivity contribution in [3.63, 3.8) is 0 Å². The number of halogens is 3. The Balaban J connectivity index is 1.22. The first-order valence-corrected chi connectivity index (χ1v) is 14.4. The summed E-state index contributed by atoms with van der Waals surface area (Å²) in [7, 11) is 1.92. The van der Waals surface area contributed by atoms with Crippen molar-refractivity contribution in [1.82, 2.24) is 20.1 Å². The van der Waals surface area contributed by atoms with E-state index in [1.54, 1.807) is 18.5 Å². The highest BCUT2D eigenvalue weighted by Crippen LogP contribution is 2.61. The topological polar surface area (TPSA) is 72.3 Å². The van der Waals surface area contributed by atoms with Gasteiger partial charge in [0, 0.05) is 29.8 Å². The number of ether oxygens (including phenoxy) is 1. The summed E-state index contributed by atoms with van der Waals surface area (Å²) >= 11 is 0. The third-order valence-electron chi connectivity index (χ3n) is 9.83. The second-order valence-electron chi connectivity index (χ2n) is 12.7. The van der Waals surface area contributed by atoms with E-state index < -0.39 is 23.1 Å². The quantitative estimate of drug-likeness (QED) is 0.407. The molecule has 1 spiro atoms. The van der Waals surface area contributed by atoms with Crippen molar-refractivity contribution in [1.29, 1.82) is 0 Å². The SMILES string of the molecule is C[C@H](NCC1CCC1)c1cc2c(c(C(F)(F)F)c1)CN(c1cccc(C3(c4nncn4C)CC4(COC4)C3)c1)C2=O. The molecule has 216 valence electrons. The van der Waals surface area contributed by atoms with Gasteiger partial charge in [0.2, 0.25) is 0 Å². The summed E-state index contributed by atoms with van der Waals surface area (Å²) < 4.78 is 50.4. The summed E-state index contributed by atoms with van der Waals surface area (Å²) in [6, 6.07) is 10.2. The number of aryl methyl sites for hydroxylation is 1. The van der Waals surface area contributed by atoms with Gasteiger partial charge >= 0.3 is 6.18 Å². The van der Waals surface area contributed by atoms with Gasteiger partial charge in [-0.3, -0.25) is 4.79 Å². The normalized spacial score (nSPS) is 21.8. The standard InChI is InChI=1S/C31H34F3N5O2/c1-19(35-12-20-5-3-6-20)21-9-24-25(26(10-21)31(32,33)34)13-39(27(24)40)23-8-4-7-22(11-23)30(28-37-36-18-38(28)2)14-29(15-30)16-41-17-29/h4,7-11,18-20,35H,3,5-6,12-17H2,1-2H3/t19-/m0/s1.